The lowest BCUT2D eigenvalue weighted by Crippen LogP contribution is -2.55. The highest BCUT2D eigenvalue weighted by Gasteiger charge is 2.60. The number of methoxy groups -OCH3 is 1. The molecule has 28 heavy (non-hydrogen) atoms. The van der Waals surface area contributed by atoms with Gasteiger partial charge < -0.3 is 10.1 Å². The summed E-state index contributed by atoms with van der Waals surface area (Å²) >= 11 is 0. The summed E-state index contributed by atoms with van der Waals surface area (Å²) in [5.41, 5.74) is 0.706. The Hall–Kier alpha value is -0.900. The first-order valence-corrected chi connectivity index (χ1v) is 11.6. The fraction of sp³-hybridized carbons (Fsp3) is 0.917. The van der Waals surface area contributed by atoms with Crippen LogP contribution < -0.4 is 5.32 Å². The van der Waals surface area contributed by atoms with Gasteiger partial charge in [0.15, 0.2) is 0 Å². The molecule has 4 saturated carbocycles. The molecule has 4 rings (SSSR count). The van der Waals surface area contributed by atoms with E-state index in [2.05, 4.69) is 19.2 Å². The molecule has 0 aromatic rings. The summed E-state index contributed by atoms with van der Waals surface area (Å²) in [7, 11) is 1.46. The number of esters is 1. The molecule has 0 heterocycles. The highest BCUT2D eigenvalue weighted by Crippen LogP contribution is 2.67. The van der Waals surface area contributed by atoms with Gasteiger partial charge in [0, 0.05) is 12.0 Å². The van der Waals surface area contributed by atoms with E-state index >= 15 is 0 Å². The van der Waals surface area contributed by atoms with Crippen LogP contribution in [0.1, 0.15) is 78.6 Å². The van der Waals surface area contributed by atoms with Crippen molar-refractivity contribution in [2.24, 2.45) is 40.4 Å². The molecule has 4 nitrogen and oxygen atoms in total. The molecule has 0 aromatic heterocycles. The number of hydrogen-bond donors (Lipinski definition) is 1. The molecule has 1 N–H and O–H groups in total. The molecule has 0 aliphatic heterocycles. The zero-order valence-corrected chi connectivity index (χ0v) is 18.3. The predicted molar refractivity (Wildman–Crippen MR) is 110 cm³/mol. The smallest absolute Gasteiger partial charge is 0.319 e. The molecule has 158 valence electrons. The number of Topliss-reactive ketones (excluding diaryl/α,β-unsaturated/α-hetero) is 1. The van der Waals surface area contributed by atoms with Crippen LogP contribution in [0.4, 0.5) is 0 Å². The molecule has 0 saturated heterocycles. The van der Waals surface area contributed by atoms with Gasteiger partial charge in [0.2, 0.25) is 0 Å². The van der Waals surface area contributed by atoms with Crippen molar-refractivity contribution in [3.05, 3.63) is 0 Å². The van der Waals surface area contributed by atoms with E-state index in [1.807, 2.05) is 6.92 Å². The number of fused-ring (bicyclic) bond motifs is 5. The fourth-order valence-corrected chi connectivity index (χ4v) is 8.41. The first kappa shape index (κ1) is 20.4. The van der Waals surface area contributed by atoms with Crippen LogP contribution in [0.3, 0.4) is 0 Å². The Bertz CT molecular complexity index is 633. The molecule has 0 aromatic carbocycles. The van der Waals surface area contributed by atoms with Gasteiger partial charge in [-0.2, -0.15) is 0 Å². The molecule has 0 radical (unpaired) electrons. The summed E-state index contributed by atoms with van der Waals surface area (Å²) < 4.78 is 4.79. The lowest BCUT2D eigenvalue weighted by molar-refractivity contribution is -0.140. The van der Waals surface area contributed by atoms with Gasteiger partial charge in [0.05, 0.1) is 13.7 Å². The number of ketones is 1. The summed E-state index contributed by atoms with van der Waals surface area (Å²) in [6, 6.07) is 0.455. The van der Waals surface area contributed by atoms with Crippen molar-refractivity contribution < 1.29 is 14.3 Å². The molecule has 4 aliphatic rings. The van der Waals surface area contributed by atoms with Gasteiger partial charge in [-0.3, -0.25) is 9.59 Å². The van der Waals surface area contributed by atoms with Gasteiger partial charge in [-0.25, -0.2) is 0 Å². The fourth-order valence-electron chi connectivity index (χ4n) is 8.41. The van der Waals surface area contributed by atoms with Gasteiger partial charge in [-0.15, -0.1) is 0 Å². The third-order valence-corrected chi connectivity index (χ3v) is 9.92. The van der Waals surface area contributed by atoms with E-state index in [1.54, 1.807) is 0 Å². The second kappa shape index (κ2) is 7.41. The van der Waals surface area contributed by atoms with Crippen molar-refractivity contribution in [1.29, 1.82) is 0 Å². The predicted octanol–water partition coefficient (Wildman–Crippen LogP) is 4.37. The number of ether oxygens (including phenoxy) is 1. The zero-order valence-electron chi connectivity index (χ0n) is 18.3. The molecule has 0 spiro atoms. The van der Waals surface area contributed by atoms with Crippen molar-refractivity contribution >= 4 is 11.8 Å². The maximum atomic E-state index is 12.3. The Morgan fingerprint density at radius 3 is 2.39 bits per heavy atom. The van der Waals surface area contributed by atoms with Gasteiger partial charge in [-0.05, 0) is 99.2 Å². The quantitative estimate of drug-likeness (QED) is 0.726. The largest absolute Gasteiger partial charge is 0.468 e. The summed E-state index contributed by atoms with van der Waals surface area (Å²) in [6.45, 7) is 7.18. The van der Waals surface area contributed by atoms with Crippen LogP contribution in [-0.4, -0.2) is 31.4 Å². The van der Waals surface area contributed by atoms with Crippen LogP contribution in [0.2, 0.25) is 0 Å². The Labute approximate surface area is 170 Å². The summed E-state index contributed by atoms with van der Waals surface area (Å²) in [5.74, 6) is 3.76. The number of rotatable bonds is 4. The topological polar surface area (TPSA) is 55.4 Å². The molecule has 0 unspecified atom stereocenters. The Morgan fingerprint density at radius 1 is 0.964 bits per heavy atom. The first-order chi connectivity index (χ1) is 13.3. The Balaban J connectivity index is 1.46. The molecule has 0 amide bonds. The van der Waals surface area contributed by atoms with Crippen molar-refractivity contribution in [3.8, 4) is 0 Å². The first-order valence-electron chi connectivity index (χ1n) is 11.6. The Kier molecular flexibility index (Phi) is 5.39. The van der Waals surface area contributed by atoms with E-state index in [-0.39, 0.29) is 11.4 Å². The minimum Gasteiger partial charge on any atom is -0.468 e. The van der Waals surface area contributed by atoms with Crippen molar-refractivity contribution in [2.75, 3.05) is 13.7 Å². The molecule has 4 heteroatoms. The van der Waals surface area contributed by atoms with Gasteiger partial charge in [0.25, 0.3) is 0 Å². The van der Waals surface area contributed by atoms with E-state index in [0.29, 0.717) is 29.7 Å². The van der Waals surface area contributed by atoms with E-state index in [9.17, 15) is 9.59 Å². The maximum absolute atomic E-state index is 12.3. The number of carbonyl (C=O) groups excluding carboxylic acids is 2. The van der Waals surface area contributed by atoms with Crippen molar-refractivity contribution in [3.63, 3.8) is 0 Å². The van der Waals surface area contributed by atoms with Gasteiger partial charge >= 0.3 is 5.97 Å². The van der Waals surface area contributed by atoms with Gasteiger partial charge in [0.1, 0.15) is 5.78 Å². The molecule has 0 bridgehead atoms. The molecule has 4 fully saturated rings. The zero-order chi connectivity index (χ0) is 20.1. The van der Waals surface area contributed by atoms with Crippen LogP contribution in [0.5, 0.6) is 0 Å². The van der Waals surface area contributed by atoms with Crippen LogP contribution in [-0.2, 0) is 14.3 Å². The average Bonchev–Trinajstić information content (AvgIpc) is 3.03. The highest BCUT2D eigenvalue weighted by molar-refractivity contribution is 5.79. The number of nitrogens with one attached hydrogen (secondary N) is 1. The lowest BCUT2D eigenvalue weighted by Gasteiger charge is -2.61. The van der Waals surface area contributed by atoms with E-state index < -0.39 is 0 Å². The molecular formula is C24H39NO3. The SMILES string of the molecule is COC(=O)CN[C@@H]1CC[C@@]2(C)[C@H](CC[C@@H]3[C@@H]2CC[C@]2(C)[C@@H](C(C)=O)CC[C@@H]32)C1. The highest BCUT2D eigenvalue weighted by atomic mass is 16.5. The normalized spacial score (nSPS) is 47.6. The third-order valence-electron chi connectivity index (χ3n) is 9.92. The van der Waals surface area contributed by atoms with Crippen LogP contribution >= 0.6 is 0 Å². The second-order valence-corrected chi connectivity index (χ2v) is 10.9. The van der Waals surface area contributed by atoms with Gasteiger partial charge in [-0.1, -0.05) is 13.8 Å². The Morgan fingerprint density at radius 2 is 1.68 bits per heavy atom. The van der Waals surface area contributed by atoms with Crippen molar-refractivity contribution in [1.82, 2.24) is 5.32 Å². The van der Waals surface area contributed by atoms with E-state index in [0.717, 1.165) is 30.1 Å². The van der Waals surface area contributed by atoms with Crippen LogP contribution in [0, 0.1) is 40.4 Å². The van der Waals surface area contributed by atoms with E-state index in [4.69, 9.17) is 4.74 Å². The average molecular weight is 390 g/mol. The van der Waals surface area contributed by atoms with Crippen LogP contribution in [0.25, 0.3) is 0 Å². The summed E-state index contributed by atoms with van der Waals surface area (Å²) in [5, 5.41) is 3.44. The maximum Gasteiger partial charge on any atom is 0.319 e. The monoisotopic (exact) mass is 389 g/mol. The minimum absolute atomic E-state index is 0.162. The molecule has 8 atom stereocenters. The molecule has 4 aliphatic carbocycles. The van der Waals surface area contributed by atoms with Crippen molar-refractivity contribution in [2.45, 2.75) is 84.6 Å². The number of carbonyl (C=O) groups is 2. The third kappa shape index (κ3) is 3.14. The summed E-state index contributed by atoms with van der Waals surface area (Å²) in [4.78, 5) is 23.8. The van der Waals surface area contributed by atoms with E-state index in [1.165, 1.54) is 58.5 Å². The second-order valence-electron chi connectivity index (χ2n) is 10.9. The van der Waals surface area contributed by atoms with Crippen LogP contribution in [0.15, 0.2) is 0 Å². The standard InChI is InChI=1S/C24H39NO3/c1-15(26)19-7-8-20-18-6-5-16-13-17(25-14-22(27)28-4)9-11-23(16,2)21(18)10-12-24(19,20)3/h16-21,25H,5-14H2,1-4H3/t16-,17-,18+,19-,20+,21+,23+,24-/m1/s1. The summed E-state index contributed by atoms with van der Waals surface area (Å²) in [6.07, 6.45) is 11.3. The molecular weight excluding hydrogens is 350 g/mol. The minimum atomic E-state index is -0.162. The lowest BCUT2D eigenvalue weighted by atomic mass is 9.44. The number of hydrogen-bond acceptors (Lipinski definition) is 4.